The van der Waals surface area contributed by atoms with Crippen molar-refractivity contribution >= 4 is 17.9 Å². The number of benzene rings is 1. The van der Waals surface area contributed by atoms with Crippen LogP contribution in [-0.4, -0.2) is 12.4 Å². The summed E-state index contributed by atoms with van der Waals surface area (Å²) in [6.07, 6.45) is 4.29. The Balaban J connectivity index is 2.14. The van der Waals surface area contributed by atoms with Crippen LogP contribution >= 0.6 is 11.6 Å². The summed E-state index contributed by atoms with van der Waals surface area (Å²) >= 11 is 5.89. The van der Waals surface area contributed by atoms with Gasteiger partial charge in [0, 0.05) is 5.02 Å². The molecule has 2 rings (SSSR count). The third kappa shape index (κ3) is 3.73. The first-order chi connectivity index (χ1) is 8.89. The summed E-state index contributed by atoms with van der Waals surface area (Å²) in [5.74, 6) is 1.30. The van der Waals surface area contributed by atoms with Crippen molar-refractivity contribution in [2.24, 2.45) is 11.3 Å². The average Bonchev–Trinajstić information content (AvgIpc) is 2.28. The normalized spacial score (nSPS) is 25.9. The van der Waals surface area contributed by atoms with E-state index >= 15 is 0 Å². The summed E-state index contributed by atoms with van der Waals surface area (Å²) in [6.45, 7) is 6.82. The zero-order valence-electron chi connectivity index (χ0n) is 11.8. The lowest BCUT2D eigenvalue weighted by Crippen LogP contribution is -2.34. The van der Waals surface area contributed by atoms with E-state index in [2.05, 4.69) is 20.8 Å². The Morgan fingerprint density at radius 2 is 2.11 bits per heavy atom. The molecule has 0 aromatic heterocycles. The Morgan fingerprint density at radius 1 is 1.37 bits per heavy atom. The van der Waals surface area contributed by atoms with Crippen LogP contribution in [0.4, 0.5) is 0 Å². The maximum absolute atomic E-state index is 11.1. The number of halogens is 1. The van der Waals surface area contributed by atoms with Crippen molar-refractivity contribution in [3.05, 3.63) is 28.8 Å². The van der Waals surface area contributed by atoms with Crippen LogP contribution in [0.1, 0.15) is 50.4 Å². The van der Waals surface area contributed by atoms with Crippen LogP contribution in [0.5, 0.6) is 5.75 Å². The second-order valence-electron chi connectivity index (χ2n) is 6.45. The first kappa shape index (κ1) is 14.4. The molecule has 19 heavy (non-hydrogen) atoms. The van der Waals surface area contributed by atoms with Crippen LogP contribution < -0.4 is 4.74 Å². The van der Waals surface area contributed by atoms with E-state index < -0.39 is 0 Å². The van der Waals surface area contributed by atoms with Gasteiger partial charge in [0.25, 0.3) is 0 Å². The van der Waals surface area contributed by atoms with Gasteiger partial charge < -0.3 is 4.74 Å². The van der Waals surface area contributed by atoms with Gasteiger partial charge in [-0.2, -0.15) is 0 Å². The summed E-state index contributed by atoms with van der Waals surface area (Å²) < 4.78 is 6.05. The van der Waals surface area contributed by atoms with Crippen molar-refractivity contribution in [2.45, 2.75) is 46.1 Å². The highest BCUT2D eigenvalue weighted by atomic mass is 35.5. The van der Waals surface area contributed by atoms with E-state index in [1.807, 2.05) is 0 Å². The maximum atomic E-state index is 11.1. The molecule has 0 aliphatic heterocycles. The van der Waals surface area contributed by atoms with Gasteiger partial charge in [0.1, 0.15) is 5.75 Å². The number of rotatable bonds is 3. The number of aldehydes is 1. The number of hydrogen-bond donors (Lipinski definition) is 0. The lowest BCUT2D eigenvalue weighted by molar-refractivity contribution is 0.0557. The van der Waals surface area contributed by atoms with E-state index in [1.165, 1.54) is 6.42 Å². The fraction of sp³-hybridized carbons (Fsp3) is 0.562. The summed E-state index contributed by atoms with van der Waals surface area (Å²) in [6, 6.07) is 5.21. The molecule has 1 aliphatic carbocycles. The molecule has 3 heteroatoms. The Morgan fingerprint density at radius 3 is 2.74 bits per heavy atom. The zero-order chi connectivity index (χ0) is 14.0. The van der Waals surface area contributed by atoms with Crippen LogP contribution in [0.2, 0.25) is 5.02 Å². The zero-order valence-corrected chi connectivity index (χ0v) is 12.5. The monoisotopic (exact) mass is 280 g/mol. The minimum Gasteiger partial charge on any atom is -0.490 e. The van der Waals surface area contributed by atoms with Gasteiger partial charge in [0.2, 0.25) is 0 Å². The molecule has 0 saturated heterocycles. The molecule has 1 aromatic carbocycles. The second-order valence-corrected chi connectivity index (χ2v) is 6.89. The molecule has 1 fully saturated rings. The van der Waals surface area contributed by atoms with Gasteiger partial charge in [0.15, 0.2) is 6.29 Å². The van der Waals surface area contributed by atoms with Crippen LogP contribution in [0, 0.1) is 11.3 Å². The standard InChI is InChI=1S/C16H21ClO2/c1-11-6-14(9-16(2,3)8-11)19-15-5-4-13(17)7-12(15)10-18/h4-5,7,10-11,14H,6,8-9H2,1-3H3. The molecule has 0 radical (unpaired) electrons. The van der Waals surface area contributed by atoms with Crippen LogP contribution in [-0.2, 0) is 0 Å². The van der Waals surface area contributed by atoms with E-state index in [0.29, 0.717) is 27.7 Å². The molecule has 2 atom stereocenters. The van der Waals surface area contributed by atoms with Gasteiger partial charge in [-0.05, 0) is 48.8 Å². The SMILES string of the molecule is CC1CC(Oc2ccc(Cl)cc2C=O)CC(C)(C)C1. The third-order valence-corrected chi connectivity index (χ3v) is 3.97. The summed E-state index contributed by atoms with van der Waals surface area (Å²) in [5.41, 5.74) is 0.833. The van der Waals surface area contributed by atoms with Crippen molar-refractivity contribution in [3.8, 4) is 5.75 Å². The third-order valence-electron chi connectivity index (χ3n) is 3.74. The highest BCUT2D eigenvalue weighted by Crippen LogP contribution is 2.40. The molecule has 2 nitrogen and oxygen atoms in total. The van der Waals surface area contributed by atoms with E-state index in [-0.39, 0.29) is 6.10 Å². The van der Waals surface area contributed by atoms with Crippen molar-refractivity contribution in [2.75, 3.05) is 0 Å². The minimum atomic E-state index is 0.179. The van der Waals surface area contributed by atoms with Gasteiger partial charge in [-0.15, -0.1) is 0 Å². The molecule has 0 bridgehead atoms. The Labute approximate surface area is 120 Å². The molecule has 104 valence electrons. The van der Waals surface area contributed by atoms with Crippen molar-refractivity contribution in [1.29, 1.82) is 0 Å². The highest BCUT2D eigenvalue weighted by Gasteiger charge is 2.33. The van der Waals surface area contributed by atoms with Gasteiger partial charge >= 0.3 is 0 Å². The molecular formula is C16H21ClO2. The molecule has 0 N–H and O–H groups in total. The fourth-order valence-electron chi connectivity index (χ4n) is 3.25. The smallest absolute Gasteiger partial charge is 0.153 e. The predicted octanol–water partition coefficient (Wildman–Crippen LogP) is 4.75. The fourth-order valence-corrected chi connectivity index (χ4v) is 3.43. The molecular weight excluding hydrogens is 260 g/mol. The van der Waals surface area contributed by atoms with E-state index in [0.717, 1.165) is 19.1 Å². The van der Waals surface area contributed by atoms with Gasteiger partial charge in [-0.25, -0.2) is 0 Å². The lowest BCUT2D eigenvalue weighted by Gasteiger charge is -2.39. The van der Waals surface area contributed by atoms with E-state index in [4.69, 9.17) is 16.3 Å². The van der Waals surface area contributed by atoms with Crippen molar-refractivity contribution in [3.63, 3.8) is 0 Å². The van der Waals surface area contributed by atoms with Crippen LogP contribution in [0.3, 0.4) is 0 Å². The van der Waals surface area contributed by atoms with E-state index in [1.54, 1.807) is 18.2 Å². The Hall–Kier alpha value is -1.02. The number of carbonyl (C=O) groups excluding carboxylic acids is 1. The maximum Gasteiger partial charge on any atom is 0.153 e. The molecule has 0 amide bonds. The predicted molar refractivity (Wildman–Crippen MR) is 78.1 cm³/mol. The second kappa shape index (κ2) is 5.54. The molecule has 0 spiro atoms. The summed E-state index contributed by atoms with van der Waals surface area (Å²) in [4.78, 5) is 11.1. The molecule has 1 aromatic rings. The van der Waals surface area contributed by atoms with Crippen molar-refractivity contribution < 1.29 is 9.53 Å². The molecule has 0 heterocycles. The van der Waals surface area contributed by atoms with Crippen LogP contribution in [0.25, 0.3) is 0 Å². The number of carbonyl (C=O) groups is 1. The first-order valence-corrected chi connectivity index (χ1v) is 7.19. The van der Waals surface area contributed by atoms with Gasteiger partial charge in [-0.1, -0.05) is 32.4 Å². The Kier molecular flexibility index (Phi) is 4.19. The van der Waals surface area contributed by atoms with Crippen LogP contribution in [0.15, 0.2) is 18.2 Å². The minimum absolute atomic E-state index is 0.179. The largest absolute Gasteiger partial charge is 0.490 e. The lowest BCUT2D eigenvalue weighted by atomic mass is 9.71. The van der Waals surface area contributed by atoms with E-state index in [9.17, 15) is 4.79 Å². The summed E-state index contributed by atoms with van der Waals surface area (Å²) in [5, 5.41) is 0.562. The number of ether oxygens (including phenoxy) is 1. The summed E-state index contributed by atoms with van der Waals surface area (Å²) in [7, 11) is 0. The quantitative estimate of drug-likeness (QED) is 0.747. The van der Waals surface area contributed by atoms with Gasteiger partial charge in [-0.3, -0.25) is 4.79 Å². The molecule has 1 aliphatic rings. The van der Waals surface area contributed by atoms with Crippen molar-refractivity contribution in [1.82, 2.24) is 0 Å². The average molecular weight is 281 g/mol. The molecule has 2 unspecified atom stereocenters. The molecule has 1 saturated carbocycles. The Bertz CT molecular complexity index is 468. The topological polar surface area (TPSA) is 26.3 Å². The highest BCUT2D eigenvalue weighted by molar-refractivity contribution is 6.30. The number of hydrogen-bond acceptors (Lipinski definition) is 2. The van der Waals surface area contributed by atoms with Gasteiger partial charge in [0.05, 0.1) is 11.7 Å². The first-order valence-electron chi connectivity index (χ1n) is 6.81.